The van der Waals surface area contributed by atoms with Crippen LogP contribution in [0.1, 0.15) is 63.7 Å². The van der Waals surface area contributed by atoms with Crippen molar-refractivity contribution in [2.75, 3.05) is 0 Å². The van der Waals surface area contributed by atoms with E-state index in [9.17, 15) is 19.2 Å². The smallest absolute Gasteiger partial charge is 0.195 e. The third kappa shape index (κ3) is 2.86. The molecule has 8 aromatic rings. The van der Waals surface area contributed by atoms with Crippen LogP contribution in [0.15, 0.2) is 83.6 Å². The number of hydrogen-bond acceptors (Lipinski definition) is 8. The molecule has 0 atom stereocenters. The Morgan fingerprint density at radius 3 is 1.00 bits per heavy atom. The average Bonchev–Trinajstić information content (AvgIpc) is 3.93. The first-order valence-corrected chi connectivity index (χ1v) is 18.7. The number of carbonyl (C=O) groups is 4. The standard InChI is InChI=1S/C40H14O4S4/c41-33-15-3-7-21-31-17(1-5-19(29(15)31)37-23(33)9-11-45-37)35(43)25-13-27(47-39(21)25)28-14-26-36(44)18-2-6-20-30-16(34(42)24-10-12-46-38(20)24)4-8-22(32(18)30)40(26)48-28/h1-14H. The fraction of sp³-hybridized carbons (Fsp3) is 0. The Bertz CT molecular complexity index is 2780. The van der Waals surface area contributed by atoms with Crippen molar-refractivity contribution >= 4 is 90.0 Å². The van der Waals surface area contributed by atoms with E-state index < -0.39 is 0 Å². The van der Waals surface area contributed by atoms with Gasteiger partial charge in [-0.1, -0.05) is 24.3 Å². The molecule has 0 saturated carbocycles. The summed E-state index contributed by atoms with van der Waals surface area (Å²) in [5.41, 5.74) is 9.20. The second kappa shape index (κ2) is 8.47. The summed E-state index contributed by atoms with van der Waals surface area (Å²) in [5, 5.41) is 7.33. The van der Waals surface area contributed by atoms with Gasteiger partial charge in [0.1, 0.15) is 0 Å². The Kier molecular flexibility index (Phi) is 4.57. The van der Waals surface area contributed by atoms with Crippen LogP contribution in [0.2, 0.25) is 0 Å². The van der Waals surface area contributed by atoms with Gasteiger partial charge in [0.15, 0.2) is 23.1 Å². The van der Waals surface area contributed by atoms with Crippen molar-refractivity contribution in [1.29, 1.82) is 0 Å². The first kappa shape index (κ1) is 25.9. The lowest BCUT2D eigenvalue weighted by Gasteiger charge is -2.23. The van der Waals surface area contributed by atoms with E-state index in [0.717, 1.165) is 84.2 Å². The van der Waals surface area contributed by atoms with Gasteiger partial charge >= 0.3 is 0 Å². The molecule has 4 nitrogen and oxygen atoms in total. The fourth-order valence-electron chi connectivity index (χ4n) is 8.24. The zero-order chi connectivity index (χ0) is 31.7. The van der Waals surface area contributed by atoms with Crippen LogP contribution in [0.25, 0.3) is 73.1 Å². The van der Waals surface area contributed by atoms with Crippen LogP contribution in [-0.2, 0) is 0 Å². The van der Waals surface area contributed by atoms with E-state index >= 15 is 0 Å². The van der Waals surface area contributed by atoms with Gasteiger partial charge in [0.2, 0.25) is 0 Å². The number of hydrogen-bond donors (Lipinski definition) is 0. The lowest BCUT2D eigenvalue weighted by atomic mass is 9.79. The Morgan fingerprint density at radius 2 is 0.625 bits per heavy atom. The van der Waals surface area contributed by atoms with E-state index in [4.69, 9.17) is 0 Å². The van der Waals surface area contributed by atoms with Gasteiger partial charge in [-0.05, 0) is 59.3 Å². The van der Waals surface area contributed by atoms with Gasteiger partial charge in [-0.2, -0.15) is 0 Å². The zero-order valence-corrected chi connectivity index (χ0v) is 27.6. The summed E-state index contributed by atoms with van der Waals surface area (Å²) in [4.78, 5) is 60.7. The highest BCUT2D eigenvalue weighted by atomic mass is 32.1. The summed E-state index contributed by atoms with van der Waals surface area (Å²) in [5.74, 6) is -0.0877. The number of carbonyl (C=O) groups excluding carboxylic acids is 4. The highest BCUT2D eigenvalue weighted by molar-refractivity contribution is 7.26. The molecule has 0 N–H and O–H groups in total. The Labute approximate surface area is 287 Å². The number of thiophene rings is 4. The van der Waals surface area contributed by atoms with Crippen LogP contribution in [0.5, 0.6) is 0 Å². The minimum atomic E-state index is -0.0465. The van der Waals surface area contributed by atoms with Crippen molar-refractivity contribution in [1.82, 2.24) is 0 Å². The van der Waals surface area contributed by atoms with E-state index in [1.54, 1.807) is 45.3 Å². The first-order chi connectivity index (χ1) is 23.5. The molecule has 0 fully saturated rings. The van der Waals surface area contributed by atoms with Gasteiger partial charge in [-0.15, -0.1) is 45.3 Å². The molecule has 0 bridgehead atoms. The first-order valence-electron chi connectivity index (χ1n) is 15.3. The van der Waals surface area contributed by atoms with Gasteiger partial charge in [-0.3, -0.25) is 19.2 Å². The Morgan fingerprint density at radius 1 is 0.312 bits per heavy atom. The topological polar surface area (TPSA) is 68.3 Å². The maximum atomic E-state index is 14.1. The number of rotatable bonds is 1. The molecule has 0 amide bonds. The number of ketones is 4. The molecule has 4 aromatic heterocycles. The van der Waals surface area contributed by atoms with E-state index in [2.05, 4.69) is 0 Å². The molecule has 0 aliphatic heterocycles. The van der Waals surface area contributed by atoms with Gasteiger partial charge in [0.05, 0.1) is 0 Å². The molecule has 4 heterocycles. The minimum Gasteiger partial charge on any atom is -0.289 e. The maximum Gasteiger partial charge on any atom is 0.195 e. The maximum absolute atomic E-state index is 14.1. The summed E-state index contributed by atoms with van der Waals surface area (Å²) in [6, 6.07) is 23.3. The van der Waals surface area contributed by atoms with Crippen LogP contribution >= 0.6 is 45.3 Å². The molecular formula is C40H14O4S4. The second-order valence-corrected chi connectivity index (χ2v) is 16.4. The predicted molar refractivity (Wildman–Crippen MR) is 194 cm³/mol. The van der Waals surface area contributed by atoms with Crippen LogP contribution < -0.4 is 0 Å². The summed E-state index contributed by atoms with van der Waals surface area (Å²) in [6.07, 6.45) is 0. The lowest BCUT2D eigenvalue weighted by Crippen LogP contribution is -2.13. The fourth-order valence-corrected chi connectivity index (χ4v) is 12.5. The SMILES string of the molecule is O=C1c2ccsc2-c2ccc3c4c(ccc1c24)-c1sc(-c2cc4c(s2)-c2ccc5c6c(ccc(c26)C4=O)-c2sccc2C5=O)cc1C3=O. The molecule has 4 aliphatic carbocycles. The van der Waals surface area contributed by atoms with Gasteiger partial charge in [0.25, 0.3) is 0 Å². The third-order valence-corrected chi connectivity index (χ3v) is 14.7. The molecule has 8 heteroatoms. The number of fused-ring (bicyclic) bond motifs is 8. The molecule has 0 spiro atoms. The quantitative estimate of drug-likeness (QED) is 0.172. The van der Waals surface area contributed by atoms with E-state index in [0.29, 0.717) is 33.4 Å². The van der Waals surface area contributed by atoms with Crippen molar-refractivity contribution in [3.63, 3.8) is 0 Å². The molecule has 0 saturated heterocycles. The van der Waals surface area contributed by atoms with Crippen molar-refractivity contribution < 1.29 is 19.2 Å². The van der Waals surface area contributed by atoms with E-state index in [-0.39, 0.29) is 23.1 Å². The van der Waals surface area contributed by atoms with Crippen LogP contribution in [0.3, 0.4) is 0 Å². The van der Waals surface area contributed by atoms with Crippen molar-refractivity contribution in [3.8, 4) is 51.5 Å². The van der Waals surface area contributed by atoms with E-state index in [1.165, 1.54) is 0 Å². The van der Waals surface area contributed by atoms with Gasteiger partial charge in [-0.25, -0.2) is 0 Å². The number of benzene rings is 4. The van der Waals surface area contributed by atoms with Gasteiger partial charge in [0, 0.05) is 118 Å². The summed E-state index contributed by atoms with van der Waals surface area (Å²) in [6.45, 7) is 0. The molecule has 4 aliphatic rings. The highest BCUT2D eigenvalue weighted by Gasteiger charge is 2.36. The molecule has 222 valence electrons. The zero-order valence-electron chi connectivity index (χ0n) is 24.3. The summed E-state index contributed by atoms with van der Waals surface area (Å²) < 4.78 is 0. The lowest BCUT2D eigenvalue weighted by molar-refractivity contribution is 0.103. The molecule has 4 aromatic carbocycles. The summed E-state index contributed by atoms with van der Waals surface area (Å²) >= 11 is 6.23. The summed E-state index contributed by atoms with van der Waals surface area (Å²) in [7, 11) is 0. The largest absolute Gasteiger partial charge is 0.289 e. The molecule has 0 radical (unpaired) electrons. The van der Waals surface area contributed by atoms with Crippen LogP contribution in [0, 0.1) is 0 Å². The van der Waals surface area contributed by atoms with Crippen LogP contribution in [-0.4, -0.2) is 23.1 Å². The highest BCUT2D eigenvalue weighted by Crippen LogP contribution is 2.55. The average molecular weight is 687 g/mol. The van der Waals surface area contributed by atoms with Crippen molar-refractivity contribution in [2.45, 2.75) is 0 Å². The third-order valence-electron chi connectivity index (χ3n) is 10.3. The Balaban J connectivity index is 1.05. The monoisotopic (exact) mass is 686 g/mol. The minimum absolute atomic E-state index is 0.00263. The molecule has 48 heavy (non-hydrogen) atoms. The predicted octanol–water partition coefficient (Wildman–Crippen LogP) is 10.8. The normalized spacial score (nSPS) is 14.4. The molecule has 0 unspecified atom stereocenters. The molecular weight excluding hydrogens is 673 g/mol. The Hall–Kier alpha value is -5.12. The molecule has 12 rings (SSSR count). The van der Waals surface area contributed by atoms with Crippen molar-refractivity contribution in [3.05, 3.63) is 128 Å². The second-order valence-electron chi connectivity index (χ2n) is 12.5. The van der Waals surface area contributed by atoms with Gasteiger partial charge < -0.3 is 0 Å². The van der Waals surface area contributed by atoms with Crippen molar-refractivity contribution in [2.24, 2.45) is 0 Å². The van der Waals surface area contributed by atoms with E-state index in [1.807, 2.05) is 83.6 Å². The van der Waals surface area contributed by atoms with Crippen LogP contribution in [0.4, 0.5) is 0 Å².